The van der Waals surface area contributed by atoms with Crippen molar-refractivity contribution < 1.29 is 9.53 Å². The van der Waals surface area contributed by atoms with E-state index in [-0.39, 0.29) is 24.4 Å². The van der Waals surface area contributed by atoms with Crippen LogP contribution in [0.3, 0.4) is 0 Å². The molecule has 6 heteroatoms. The number of hydrogen-bond acceptors (Lipinski definition) is 4. The van der Waals surface area contributed by atoms with Gasteiger partial charge in [0.05, 0.1) is 12.6 Å². The van der Waals surface area contributed by atoms with Crippen molar-refractivity contribution in [1.29, 1.82) is 0 Å². The van der Waals surface area contributed by atoms with Crippen molar-refractivity contribution in [1.82, 2.24) is 5.32 Å². The maximum absolute atomic E-state index is 11.3. The molecule has 0 aromatic heterocycles. The third-order valence-electron chi connectivity index (χ3n) is 1.72. The van der Waals surface area contributed by atoms with E-state index in [2.05, 4.69) is 5.32 Å². The summed E-state index contributed by atoms with van der Waals surface area (Å²) < 4.78 is 5.09. The molecule has 0 spiro atoms. The number of nitrogens with one attached hydrogen (secondary N) is 1. The Balaban J connectivity index is 0. The summed E-state index contributed by atoms with van der Waals surface area (Å²) in [5, 5.41) is 2.73. The lowest BCUT2D eigenvalue weighted by atomic mass is 10.2. The van der Waals surface area contributed by atoms with Crippen molar-refractivity contribution in [3.05, 3.63) is 0 Å². The monoisotopic (exact) mass is 256 g/mol. The lowest BCUT2D eigenvalue weighted by Gasteiger charge is -2.11. The number of thioether (sulfide) groups is 1. The molecule has 0 aliphatic carbocycles. The number of rotatable bonds is 8. The minimum Gasteiger partial charge on any atom is -0.380 e. The van der Waals surface area contributed by atoms with Crippen LogP contribution in [0, 0.1) is 0 Å². The topological polar surface area (TPSA) is 64.3 Å². The highest BCUT2D eigenvalue weighted by Crippen LogP contribution is 1.98. The number of carbonyl (C=O) groups excluding carboxylic acids is 1. The second kappa shape index (κ2) is 12.1. The molecule has 0 heterocycles. The van der Waals surface area contributed by atoms with Crippen molar-refractivity contribution in [2.75, 3.05) is 31.8 Å². The second-order valence-electron chi connectivity index (χ2n) is 2.88. The van der Waals surface area contributed by atoms with Gasteiger partial charge in [0, 0.05) is 13.2 Å². The molecule has 1 amide bonds. The summed E-state index contributed by atoms with van der Waals surface area (Å²) >= 11 is 1.69. The van der Waals surface area contributed by atoms with Crippen molar-refractivity contribution in [3.8, 4) is 0 Å². The van der Waals surface area contributed by atoms with Crippen LogP contribution >= 0.6 is 24.2 Å². The van der Waals surface area contributed by atoms with Crippen LogP contribution in [0.15, 0.2) is 0 Å². The van der Waals surface area contributed by atoms with Crippen LogP contribution in [0.1, 0.15) is 13.3 Å². The highest BCUT2D eigenvalue weighted by atomic mass is 35.5. The summed E-state index contributed by atoms with van der Waals surface area (Å²) in [6, 6.07) is -0.385. The Morgan fingerprint density at radius 1 is 1.60 bits per heavy atom. The van der Waals surface area contributed by atoms with E-state index in [0.29, 0.717) is 19.8 Å². The Hall–Kier alpha value is 0.0300. The molecule has 0 aliphatic rings. The number of ether oxygens (including phenoxy) is 1. The third-order valence-corrected chi connectivity index (χ3v) is 2.36. The van der Waals surface area contributed by atoms with Crippen molar-refractivity contribution in [3.63, 3.8) is 0 Å². The summed E-state index contributed by atoms with van der Waals surface area (Å²) in [4.78, 5) is 11.3. The van der Waals surface area contributed by atoms with Gasteiger partial charge in [-0.1, -0.05) is 0 Å². The zero-order valence-corrected chi connectivity index (χ0v) is 11.0. The van der Waals surface area contributed by atoms with Gasteiger partial charge in [-0.3, -0.25) is 4.79 Å². The Bertz CT molecular complexity index is 161. The van der Waals surface area contributed by atoms with E-state index in [1.807, 2.05) is 13.2 Å². The highest BCUT2D eigenvalue weighted by Gasteiger charge is 2.11. The molecule has 0 aromatic carbocycles. The first-order valence-electron chi connectivity index (χ1n) is 4.82. The number of nitrogens with two attached hydrogens (primary N) is 1. The smallest absolute Gasteiger partial charge is 0.237 e. The minimum atomic E-state index is -0.385. The first kappa shape index (κ1) is 17.4. The van der Waals surface area contributed by atoms with Gasteiger partial charge in [-0.25, -0.2) is 0 Å². The van der Waals surface area contributed by atoms with E-state index in [1.54, 1.807) is 11.8 Å². The standard InChI is InChI=1S/C9H20N2O2S.ClH/c1-3-13-6-5-11-9(12)8(10)4-7-14-2;/h8H,3-7,10H2,1-2H3,(H,11,12);1H/t8-;/m0./s1. The van der Waals surface area contributed by atoms with Crippen molar-refractivity contribution in [2.45, 2.75) is 19.4 Å². The molecule has 0 bridgehead atoms. The molecule has 4 nitrogen and oxygen atoms in total. The molecule has 92 valence electrons. The lowest BCUT2D eigenvalue weighted by molar-refractivity contribution is -0.122. The van der Waals surface area contributed by atoms with Gasteiger partial charge in [-0.15, -0.1) is 12.4 Å². The SMILES string of the molecule is CCOCCNC(=O)[C@@H](N)CCSC.Cl. The van der Waals surface area contributed by atoms with Crippen LogP contribution in [0.5, 0.6) is 0 Å². The highest BCUT2D eigenvalue weighted by molar-refractivity contribution is 7.98. The Morgan fingerprint density at radius 2 is 2.27 bits per heavy atom. The average Bonchev–Trinajstić information content (AvgIpc) is 2.20. The normalized spacial score (nSPS) is 11.7. The maximum atomic E-state index is 11.3. The largest absolute Gasteiger partial charge is 0.380 e. The molecule has 0 rings (SSSR count). The van der Waals surface area contributed by atoms with E-state index in [9.17, 15) is 4.79 Å². The molecule has 3 N–H and O–H groups in total. The average molecular weight is 257 g/mol. The number of carbonyl (C=O) groups is 1. The Labute approximate surface area is 102 Å². The van der Waals surface area contributed by atoms with Crippen LogP contribution in [-0.2, 0) is 9.53 Å². The second-order valence-corrected chi connectivity index (χ2v) is 3.86. The predicted molar refractivity (Wildman–Crippen MR) is 67.7 cm³/mol. The minimum absolute atomic E-state index is 0. The summed E-state index contributed by atoms with van der Waals surface area (Å²) in [5.41, 5.74) is 5.65. The molecule has 0 aliphatic heterocycles. The molecule has 0 fully saturated rings. The van der Waals surface area contributed by atoms with Crippen molar-refractivity contribution >= 4 is 30.1 Å². The van der Waals surface area contributed by atoms with Gasteiger partial charge in [0.25, 0.3) is 0 Å². The van der Waals surface area contributed by atoms with Crippen LogP contribution in [0.4, 0.5) is 0 Å². The molecule has 0 aromatic rings. The fourth-order valence-corrected chi connectivity index (χ4v) is 1.39. The summed E-state index contributed by atoms with van der Waals surface area (Å²) in [5.74, 6) is 0.832. The van der Waals surface area contributed by atoms with E-state index in [0.717, 1.165) is 12.2 Å². The zero-order chi connectivity index (χ0) is 10.8. The van der Waals surface area contributed by atoms with Gasteiger partial charge in [-0.2, -0.15) is 11.8 Å². The van der Waals surface area contributed by atoms with Gasteiger partial charge < -0.3 is 15.8 Å². The third kappa shape index (κ3) is 10.3. The molecule has 0 saturated carbocycles. The van der Waals surface area contributed by atoms with E-state index < -0.39 is 0 Å². The molecule has 0 unspecified atom stereocenters. The van der Waals surface area contributed by atoms with Gasteiger partial charge >= 0.3 is 0 Å². The van der Waals surface area contributed by atoms with Crippen LogP contribution < -0.4 is 11.1 Å². The summed E-state index contributed by atoms with van der Waals surface area (Å²) in [6.07, 6.45) is 2.72. The first-order chi connectivity index (χ1) is 6.72. The summed E-state index contributed by atoms with van der Waals surface area (Å²) in [7, 11) is 0. The fraction of sp³-hybridized carbons (Fsp3) is 0.889. The van der Waals surface area contributed by atoms with Gasteiger partial charge in [-0.05, 0) is 25.4 Å². The van der Waals surface area contributed by atoms with Crippen LogP contribution in [0.25, 0.3) is 0 Å². The lowest BCUT2D eigenvalue weighted by Crippen LogP contribution is -2.42. The maximum Gasteiger partial charge on any atom is 0.237 e. The van der Waals surface area contributed by atoms with Crippen LogP contribution in [-0.4, -0.2) is 43.7 Å². The van der Waals surface area contributed by atoms with Crippen molar-refractivity contribution in [2.24, 2.45) is 5.73 Å². The van der Waals surface area contributed by atoms with Gasteiger partial charge in [0.2, 0.25) is 5.91 Å². The Kier molecular flexibility index (Phi) is 14.1. The molecule has 1 atom stereocenters. The fourth-order valence-electron chi connectivity index (χ4n) is 0.898. The summed E-state index contributed by atoms with van der Waals surface area (Å²) in [6.45, 7) is 3.69. The van der Waals surface area contributed by atoms with E-state index in [4.69, 9.17) is 10.5 Å². The van der Waals surface area contributed by atoms with Crippen LogP contribution in [0.2, 0.25) is 0 Å². The zero-order valence-electron chi connectivity index (χ0n) is 9.32. The molecular weight excluding hydrogens is 236 g/mol. The number of halogens is 1. The molecular formula is C9H21ClN2O2S. The molecule has 15 heavy (non-hydrogen) atoms. The predicted octanol–water partition coefficient (Wildman–Crippen LogP) is 0.641. The first-order valence-corrected chi connectivity index (χ1v) is 6.21. The van der Waals surface area contributed by atoms with E-state index in [1.165, 1.54) is 0 Å². The van der Waals surface area contributed by atoms with E-state index >= 15 is 0 Å². The molecule has 0 saturated heterocycles. The van der Waals surface area contributed by atoms with Gasteiger partial charge in [0.15, 0.2) is 0 Å². The Morgan fingerprint density at radius 3 is 2.80 bits per heavy atom. The quantitative estimate of drug-likeness (QED) is 0.626. The number of hydrogen-bond donors (Lipinski definition) is 2. The molecule has 0 radical (unpaired) electrons. The van der Waals surface area contributed by atoms with Gasteiger partial charge in [0.1, 0.15) is 0 Å². The number of amides is 1.